The predicted molar refractivity (Wildman–Crippen MR) is 184 cm³/mol. The minimum Gasteiger partial charge on any atom is -0.317 e. The van der Waals surface area contributed by atoms with E-state index in [1.807, 2.05) is 6.20 Å². The third kappa shape index (κ3) is 6.39. The first-order chi connectivity index (χ1) is 21.3. The number of thiophene rings is 1. The van der Waals surface area contributed by atoms with E-state index in [-0.39, 0.29) is 17.4 Å². The highest BCUT2D eigenvalue weighted by Crippen LogP contribution is 2.45. The Labute approximate surface area is 268 Å². The third-order valence-corrected chi connectivity index (χ3v) is 11.2. The molecule has 5 heterocycles. The minimum absolute atomic E-state index is 0.0575. The molecule has 3 aliphatic rings. The summed E-state index contributed by atoms with van der Waals surface area (Å²) in [6.45, 7) is 10.3. The summed E-state index contributed by atoms with van der Waals surface area (Å²) in [5.41, 5.74) is 8.21. The van der Waals surface area contributed by atoms with E-state index in [0.29, 0.717) is 6.04 Å². The monoisotopic (exact) mass is 626 g/mol. The molecule has 9 heteroatoms. The Kier molecular flexibility index (Phi) is 8.41. The average Bonchev–Trinajstić information content (AvgIpc) is 3.61. The molecule has 0 saturated heterocycles. The molecule has 7 nitrogen and oxygen atoms in total. The van der Waals surface area contributed by atoms with Crippen LogP contribution in [0.15, 0.2) is 42.6 Å². The zero-order chi connectivity index (χ0) is 30.3. The lowest BCUT2D eigenvalue weighted by atomic mass is 9.84. The number of aromatic nitrogens is 2. The van der Waals surface area contributed by atoms with E-state index >= 15 is 0 Å². The fourth-order valence-corrected chi connectivity index (χ4v) is 9.17. The summed E-state index contributed by atoms with van der Waals surface area (Å²) in [5, 5.41) is 16.0. The lowest BCUT2D eigenvalue weighted by Gasteiger charge is -2.33. The first kappa shape index (κ1) is 29.7. The van der Waals surface area contributed by atoms with Crippen LogP contribution in [-0.2, 0) is 17.8 Å². The molecule has 0 atom stereocenters. The van der Waals surface area contributed by atoms with E-state index in [0.717, 1.165) is 107 Å². The lowest BCUT2D eigenvalue weighted by molar-refractivity contribution is -0.120. The standard InChI is InChI=1S/C35H42N6OS2/c1-35(2,3)41-25-8-4-22(5-9-25)32(42)40-34-31(26-14-17-37-20-30(26)44-34)33-39-28-11-6-23(18-29(28)43-33)24-7-10-27(38-19-24)21-12-15-36-16-13-21/h6-7,10-12,18-19,22,25,36-37,41H,4-5,8-9,13-17,20H2,1-3H3,(H,40,42). The molecule has 230 valence electrons. The molecule has 3 aromatic heterocycles. The molecular formula is C35H42N6OS2. The van der Waals surface area contributed by atoms with Crippen molar-refractivity contribution in [3.63, 3.8) is 0 Å². The number of carbonyl (C=O) groups excluding carboxylic acids is 1. The molecule has 0 spiro atoms. The molecule has 7 rings (SSSR count). The molecule has 1 saturated carbocycles. The van der Waals surface area contributed by atoms with E-state index in [2.05, 4.69) is 78.4 Å². The van der Waals surface area contributed by atoms with Crippen LogP contribution in [0.25, 0.3) is 37.5 Å². The Bertz CT molecular complexity index is 1690. The molecule has 2 aliphatic heterocycles. The summed E-state index contributed by atoms with van der Waals surface area (Å²) in [6.07, 6.45) is 10.1. The largest absolute Gasteiger partial charge is 0.317 e. The van der Waals surface area contributed by atoms with E-state index < -0.39 is 0 Å². The molecule has 0 radical (unpaired) electrons. The summed E-state index contributed by atoms with van der Waals surface area (Å²) >= 11 is 3.45. The Hall–Kier alpha value is -2.95. The highest BCUT2D eigenvalue weighted by molar-refractivity contribution is 7.23. The van der Waals surface area contributed by atoms with Crippen molar-refractivity contribution in [1.82, 2.24) is 25.9 Å². The van der Waals surface area contributed by atoms with E-state index in [1.54, 1.807) is 22.7 Å². The molecule has 0 bridgehead atoms. The van der Waals surface area contributed by atoms with Gasteiger partial charge in [-0.25, -0.2) is 4.98 Å². The van der Waals surface area contributed by atoms with Crippen LogP contribution in [0.1, 0.15) is 69.0 Å². The van der Waals surface area contributed by atoms with Crippen molar-refractivity contribution in [3.8, 4) is 21.7 Å². The van der Waals surface area contributed by atoms with Crippen LogP contribution in [0.3, 0.4) is 0 Å². The van der Waals surface area contributed by atoms with Crippen LogP contribution in [0.5, 0.6) is 0 Å². The number of nitrogens with one attached hydrogen (secondary N) is 4. The van der Waals surface area contributed by atoms with Gasteiger partial charge >= 0.3 is 0 Å². The van der Waals surface area contributed by atoms with Crippen LogP contribution in [0.2, 0.25) is 0 Å². The normalized spacial score (nSPS) is 20.8. The van der Waals surface area contributed by atoms with Gasteiger partial charge in [-0.1, -0.05) is 18.2 Å². The predicted octanol–water partition coefficient (Wildman–Crippen LogP) is 6.99. The van der Waals surface area contributed by atoms with Gasteiger partial charge in [-0.2, -0.15) is 0 Å². The van der Waals surface area contributed by atoms with Crippen molar-refractivity contribution >= 4 is 49.4 Å². The van der Waals surface area contributed by atoms with Gasteiger partial charge in [0.05, 0.1) is 15.9 Å². The van der Waals surface area contributed by atoms with Crippen LogP contribution in [0, 0.1) is 5.92 Å². The van der Waals surface area contributed by atoms with Crippen molar-refractivity contribution < 1.29 is 4.79 Å². The molecule has 4 aromatic rings. The smallest absolute Gasteiger partial charge is 0.228 e. The zero-order valence-corrected chi connectivity index (χ0v) is 27.5. The van der Waals surface area contributed by atoms with Gasteiger partial charge in [0.2, 0.25) is 5.91 Å². The fourth-order valence-electron chi connectivity index (χ4n) is 6.80. The minimum atomic E-state index is 0.0575. The SMILES string of the molecule is CC(C)(C)NC1CCC(C(=O)Nc2sc3c(c2-c2nc4ccc(-c5ccc(C6=CCNCC6)nc5)cc4s2)CCNC3)CC1. The maximum atomic E-state index is 13.6. The number of pyridine rings is 1. The summed E-state index contributed by atoms with van der Waals surface area (Å²) in [4.78, 5) is 24.8. The topological polar surface area (TPSA) is 91.0 Å². The number of carbonyl (C=O) groups is 1. The van der Waals surface area contributed by atoms with E-state index in [9.17, 15) is 4.79 Å². The quantitative estimate of drug-likeness (QED) is 0.184. The van der Waals surface area contributed by atoms with Crippen LogP contribution < -0.4 is 21.3 Å². The number of anilines is 1. The van der Waals surface area contributed by atoms with E-state index in [1.165, 1.54) is 16.0 Å². The van der Waals surface area contributed by atoms with Crippen molar-refractivity contribution in [1.29, 1.82) is 0 Å². The zero-order valence-electron chi connectivity index (χ0n) is 25.9. The average molecular weight is 627 g/mol. The van der Waals surface area contributed by atoms with Gasteiger partial charge in [0, 0.05) is 52.8 Å². The van der Waals surface area contributed by atoms with Crippen LogP contribution in [-0.4, -0.2) is 47.1 Å². The molecule has 4 N–H and O–H groups in total. The van der Waals surface area contributed by atoms with Crippen LogP contribution in [0.4, 0.5) is 5.00 Å². The van der Waals surface area contributed by atoms with Gasteiger partial charge in [0.15, 0.2) is 0 Å². The van der Waals surface area contributed by atoms with Gasteiger partial charge in [-0.3, -0.25) is 9.78 Å². The first-order valence-electron chi connectivity index (χ1n) is 16.0. The second-order valence-electron chi connectivity index (χ2n) is 13.4. The second-order valence-corrected chi connectivity index (χ2v) is 15.5. The molecule has 44 heavy (non-hydrogen) atoms. The van der Waals surface area contributed by atoms with Gasteiger partial charge < -0.3 is 21.3 Å². The number of thiazole rings is 1. The Balaban J connectivity index is 1.13. The molecule has 0 unspecified atom stereocenters. The maximum Gasteiger partial charge on any atom is 0.228 e. The highest BCUT2D eigenvalue weighted by atomic mass is 32.1. The number of amides is 1. The Morgan fingerprint density at radius 2 is 1.80 bits per heavy atom. The summed E-state index contributed by atoms with van der Waals surface area (Å²) in [7, 11) is 0. The number of hydrogen-bond acceptors (Lipinski definition) is 8. The summed E-state index contributed by atoms with van der Waals surface area (Å²) in [5.74, 6) is 0.216. The maximum absolute atomic E-state index is 13.6. The Morgan fingerprint density at radius 1 is 0.977 bits per heavy atom. The number of benzene rings is 1. The van der Waals surface area contributed by atoms with Crippen molar-refractivity contribution in [2.24, 2.45) is 5.92 Å². The first-order valence-corrected chi connectivity index (χ1v) is 17.7. The van der Waals surface area contributed by atoms with Gasteiger partial charge in [0.1, 0.15) is 10.0 Å². The molecule has 1 amide bonds. The Morgan fingerprint density at radius 3 is 2.55 bits per heavy atom. The molecule has 1 fully saturated rings. The van der Waals surface area contributed by atoms with Crippen LogP contribution >= 0.6 is 22.7 Å². The summed E-state index contributed by atoms with van der Waals surface area (Å²) < 4.78 is 1.15. The highest BCUT2D eigenvalue weighted by Gasteiger charge is 2.31. The fraction of sp³-hybridized carbons (Fsp3) is 0.457. The molecule has 1 aromatic carbocycles. The number of hydrogen-bond donors (Lipinski definition) is 4. The number of nitrogens with zero attached hydrogens (tertiary/aromatic N) is 2. The second kappa shape index (κ2) is 12.4. The number of fused-ring (bicyclic) bond motifs is 2. The van der Waals surface area contributed by atoms with Gasteiger partial charge in [-0.15, -0.1) is 22.7 Å². The van der Waals surface area contributed by atoms with Gasteiger partial charge in [-0.05, 0) is 107 Å². The third-order valence-electron chi connectivity index (χ3n) is 8.99. The summed E-state index contributed by atoms with van der Waals surface area (Å²) in [6, 6.07) is 11.3. The van der Waals surface area contributed by atoms with Gasteiger partial charge in [0.25, 0.3) is 0 Å². The number of rotatable bonds is 6. The lowest BCUT2D eigenvalue weighted by Crippen LogP contribution is -2.46. The van der Waals surface area contributed by atoms with Crippen molar-refractivity contribution in [3.05, 3.63) is 58.7 Å². The molecular weight excluding hydrogens is 585 g/mol. The van der Waals surface area contributed by atoms with Crippen molar-refractivity contribution in [2.75, 3.05) is 25.0 Å². The van der Waals surface area contributed by atoms with Crippen molar-refractivity contribution in [2.45, 2.75) is 77.4 Å². The molecule has 1 aliphatic carbocycles. The van der Waals surface area contributed by atoms with E-state index in [4.69, 9.17) is 9.97 Å².